The second-order valence-corrected chi connectivity index (χ2v) is 8.13. The predicted molar refractivity (Wildman–Crippen MR) is 131 cm³/mol. The fourth-order valence-electron chi connectivity index (χ4n) is 3.25. The van der Waals surface area contributed by atoms with E-state index in [1.165, 1.54) is 0 Å². The quantitative estimate of drug-likeness (QED) is 0.353. The van der Waals surface area contributed by atoms with Crippen molar-refractivity contribution in [2.45, 2.75) is 38.9 Å². The second kappa shape index (κ2) is 7.37. The molecule has 1 aliphatic rings. The third kappa shape index (κ3) is 3.48. The lowest BCUT2D eigenvalue weighted by atomic mass is 9.77. The van der Waals surface area contributed by atoms with Crippen molar-refractivity contribution in [2.24, 2.45) is 0 Å². The molecule has 5 rings (SSSR count). The van der Waals surface area contributed by atoms with Gasteiger partial charge in [0.15, 0.2) is 0 Å². The Kier molecular flexibility index (Phi) is 2.21. The van der Waals surface area contributed by atoms with E-state index >= 15 is 0 Å². The van der Waals surface area contributed by atoms with Crippen LogP contribution >= 0.6 is 0 Å². The summed E-state index contributed by atoms with van der Waals surface area (Å²) in [5, 5.41) is -0.939. The molecule has 4 aromatic rings. The van der Waals surface area contributed by atoms with Crippen LogP contribution in [0, 0.1) is 0 Å². The molecule has 0 aromatic heterocycles. The first-order valence-corrected chi connectivity index (χ1v) is 9.67. The van der Waals surface area contributed by atoms with Gasteiger partial charge in [0.1, 0.15) is 0 Å². The average Bonchev–Trinajstić information content (AvgIpc) is 3.20. The number of fused-ring (bicyclic) bond motifs is 1. The van der Waals surface area contributed by atoms with Crippen molar-refractivity contribution < 1.29 is 29.9 Å². The largest absolute Gasteiger partial charge is 0.494 e. The van der Waals surface area contributed by atoms with E-state index in [2.05, 4.69) is 0 Å². The molecule has 0 spiro atoms. The van der Waals surface area contributed by atoms with Gasteiger partial charge >= 0.3 is 7.12 Å². The summed E-state index contributed by atoms with van der Waals surface area (Å²) in [4.78, 5) is 0. The highest BCUT2D eigenvalue weighted by atomic mass is 16.7. The van der Waals surface area contributed by atoms with Crippen LogP contribution in [-0.2, 0) is 9.31 Å². The van der Waals surface area contributed by atoms with Gasteiger partial charge in [-0.2, -0.15) is 0 Å². The molecule has 154 valence electrons. The second-order valence-electron chi connectivity index (χ2n) is 8.13. The molecule has 1 saturated heterocycles. The maximum Gasteiger partial charge on any atom is 0.494 e. The third-order valence-electron chi connectivity index (χ3n) is 5.63. The summed E-state index contributed by atoms with van der Waals surface area (Å²) < 4.78 is 141. The lowest BCUT2D eigenvalue weighted by Crippen LogP contribution is -2.41. The van der Waals surface area contributed by atoms with Gasteiger partial charge in [0.2, 0.25) is 0 Å². The fourth-order valence-corrected chi connectivity index (χ4v) is 3.25. The SMILES string of the molecule is [2H]c1c([2H])c([2H])c(-c2c([2H])c([2H])c(-c3c([2H])c([2H])c([2H])c(B4OC(C)(C)C(C)(C)O4)c3[2H])c3c([2H])c([2H])c([2H])c([2H])c23)c([2H])c1[2H]. The van der Waals surface area contributed by atoms with E-state index in [1.54, 1.807) is 27.7 Å². The van der Waals surface area contributed by atoms with Crippen LogP contribution in [0.2, 0.25) is 0 Å². The van der Waals surface area contributed by atoms with E-state index in [4.69, 9.17) is 29.9 Å². The Morgan fingerprint density at radius 2 is 1.13 bits per heavy atom. The van der Waals surface area contributed by atoms with Crippen molar-refractivity contribution in [2.75, 3.05) is 0 Å². The first-order chi connectivity index (χ1) is 21.1. The Morgan fingerprint density at radius 3 is 1.74 bits per heavy atom. The van der Waals surface area contributed by atoms with Crippen molar-refractivity contribution in [3.8, 4) is 22.3 Å². The zero-order valence-electron chi connectivity index (χ0n) is 32.4. The molecule has 0 unspecified atom stereocenters. The van der Waals surface area contributed by atoms with Crippen LogP contribution in [0.15, 0.2) is 90.6 Å². The van der Waals surface area contributed by atoms with E-state index in [0.29, 0.717) is 0 Å². The van der Waals surface area contributed by atoms with Crippen molar-refractivity contribution >= 4 is 23.4 Å². The highest BCUT2D eigenvalue weighted by Gasteiger charge is 2.51. The molecule has 0 bridgehead atoms. The summed E-state index contributed by atoms with van der Waals surface area (Å²) in [5.74, 6) is 0. The molecule has 0 N–H and O–H groups in total. The molecule has 4 aromatic carbocycles. The average molecular weight is 421 g/mol. The molecular formula is C28H27BO2. The fraction of sp³-hybridized carbons (Fsp3) is 0.214. The Bertz CT molecular complexity index is 1980. The molecule has 0 radical (unpaired) electrons. The Balaban J connectivity index is 2.02. The highest BCUT2D eigenvalue weighted by molar-refractivity contribution is 6.62. The third-order valence-corrected chi connectivity index (χ3v) is 5.63. The molecule has 1 heterocycles. The van der Waals surface area contributed by atoms with Crippen LogP contribution in [0.4, 0.5) is 0 Å². The summed E-state index contributed by atoms with van der Waals surface area (Å²) in [6.45, 7) is 6.93. The first kappa shape index (κ1) is 9.32. The van der Waals surface area contributed by atoms with Gasteiger partial charge in [0.05, 0.1) is 31.8 Å². The Labute approximate surface area is 206 Å². The van der Waals surface area contributed by atoms with Gasteiger partial charge < -0.3 is 9.31 Å². The maximum atomic E-state index is 9.16. The zero-order valence-corrected chi connectivity index (χ0v) is 17.4. The van der Waals surface area contributed by atoms with Crippen LogP contribution < -0.4 is 5.46 Å². The van der Waals surface area contributed by atoms with Crippen LogP contribution in [0.3, 0.4) is 0 Å². The lowest BCUT2D eigenvalue weighted by Gasteiger charge is -2.32. The molecule has 0 aliphatic carbocycles. The standard InChI is InChI=1S/C28H27BO2/c1-27(2)28(3,4)31-29(30-27)22-14-10-13-21(19-22)24-18-17-23(20-11-6-5-7-12-20)25-15-8-9-16-26(24)25/h5-19H,1-4H3/i5D,6D,7D,8D,9D,10D,11D,12D,13D,14D,15D,16D,17D,18D,19D. The minimum Gasteiger partial charge on any atom is -0.399 e. The van der Waals surface area contributed by atoms with Gasteiger partial charge in [0.25, 0.3) is 0 Å². The summed E-state index contributed by atoms with van der Waals surface area (Å²) in [7, 11) is -1.36. The van der Waals surface area contributed by atoms with Crippen molar-refractivity contribution in [1.29, 1.82) is 0 Å². The van der Waals surface area contributed by atoms with E-state index in [9.17, 15) is 0 Å². The van der Waals surface area contributed by atoms with E-state index < -0.39 is 142 Å². The van der Waals surface area contributed by atoms with Gasteiger partial charge in [-0.15, -0.1) is 0 Å². The molecule has 0 amide bonds. The van der Waals surface area contributed by atoms with Crippen LogP contribution in [0.1, 0.15) is 48.3 Å². The normalized spacial score (nSPS) is 24.0. The highest BCUT2D eigenvalue weighted by Crippen LogP contribution is 2.38. The van der Waals surface area contributed by atoms with Gasteiger partial charge in [-0.1, -0.05) is 90.6 Å². The molecular weight excluding hydrogens is 379 g/mol. The Hall–Kier alpha value is -2.88. The maximum absolute atomic E-state index is 9.16. The summed E-state index contributed by atoms with van der Waals surface area (Å²) in [5.41, 5.74) is -4.19. The van der Waals surface area contributed by atoms with E-state index in [-0.39, 0.29) is 5.46 Å². The van der Waals surface area contributed by atoms with E-state index in [0.717, 1.165) is 0 Å². The Morgan fingerprint density at radius 1 is 0.613 bits per heavy atom. The topological polar surface area (TPSA) is 18.5 Å². The van der Waals surface area contributed by atoms with Gasteiger partial charge in [-0.25, -0.2) is 0 Å². The molecule has 0 saturated carbocycles. The lowest BCUT2D eigenvalue weighted by molar-refractivity contribution is 0.00578. The number of hydrogen-bond donors (Lipinski definition) is 0. The monoisotopic (exact) mass is 421 g/mol. The van der Waals surface area contributed by atoms with Gasteiger partial charge in [0, 0.05) is 0 Å². The smallest absolute Gasteiger partial charge is 0.399 e. The van der Waals surface area contributed by atoms with Gasteiger partial charge in [-0.3, -0.25) is 0 Å². The van der Waals surface area contributed by atoms with Crippen molar-refractivity contribution in [3.63, 3.8) is 0 Å². The molecule has 31 heavy (non-hydrogen) atoms. The van der Waals surface area contributed by atoms with Crippen LogP contribution in [0.25, 0.3) is 33.0 Å². The van der Waals surface area contributed by atoms with Gasteiger partial charge in [-0.05, 0) is 66.2 Å². The van der Waals surface area contributed by atoms with Crippen LogP contribution in [-0.4, -0.2) is 18.3 Å². The summed E-state index contributed by atoms with van der Waals surface area (Å²) in [6.07, 6.45) is 0. The number of rotatable bonds is 3. The summed E-state index contributed by atoms with van der Waals surface area (Å²) >= 11 is 0. The minimum absolute atomic E-state index is 0.260. The number of benzene rings is 4. The zero-order chi connectivity index (χ0) is 34.7. The van der Waals surface area contributed by atoms with Crippen molar-refractivity contribution in [1.82, 2.24) is 0 Å². The predicted octanol–water partition coefficient (Wildman–Crippen LogP) is 6.47. The molecule has 0 atom stereocenters. The van der Waals surface area contributed by atoms with E-state index in [1.807, 2.05) is 0 Å². The van der Waals surface area contributed by atoms with Crippen LogP contribution in [0.5, 0.6) is 0 Å². The molecule has 3 heteroatoms. The first-order valence-electron chi connectivity index (χ1n) is 17.2. The molecule has 1 fully saturated rings. The number of hydrogen-bond acceptors (Lipinski definition) is 2. The van der Waals surface area contributed by atoms with Crippen molar-refractivity contribution in [3.05, 3.63) is 90.6 Å². The minimum atomic E-state index is -1.36. The summed E-state index contributed by atoms with van der Waals surface area (Å²) in [6, 6.07) is -11.0. The molecule has 1 aliphatic heterocycles. The molecule has 2 nitrogen and oxygen atoms in total.